The molecule has 0 spiro atoms. The number of rotatable bonds is 5. The number of ether oxygens (including phenoxy) is 1. The van der Waals surface area contributed by atoms with Crippen LogP contribution in [0.15, 0.2) is 36.4 Å². The molecule has 2 heterocycles. The monoisotopic (exact) mass is 270 g/mol. The van der Waals surface area contributed by atoms with Gasteiger partial charge in [-0.2, -0.15) is 0 Å². The molecule has 1 N–H and O–H groups in total. The number of fused-ring (bicyclic) bond motifs is 1. The van der Waals surface area contributed by atoms with Gasteiger partial charge in [-0.05, 0) is 31.5 Å². The normalized spacial score (nSPS) is 22.4. The van der Waals surface area contributed by atoms with E-state index in [9.17, 15) is 0 Å². The van der Waals surface area contributed by atoms with Crippen LogP contribution < -0.4 is 5.32 Å². The first-order chi connectivity index (χ1) is 9.88. The molecule has 1 aromatic carbocycles. The predicted octanol–water partition coefficient (Wildman–Crippen LogP) is 3.31. The molecule has 2 atom stereocenters. The van der Waals surface area contributed by atoms with Gasteiger partial charge < -0.3 is 10.1 Å². The van der Waals surface area contributed by atoms with E-state index in [0.717, 1.165) is 37.3 Å². The van der Waals surface area contributed by atoms with Gasteiger partial charge in [0.05, 0.1) is 11.2 Å². The van der Waals surface area contributed by atoms with Crippen LogP contribution in [0.25, 0.3) is 10.9 Å². The highest BCUT2D eigenvalue weighted by molar-refractivity contribution is 5.78. The molecule has 0 bridgehead atoms. The largest absolute Gasteiger partial charge is 0.372 e. The molecule has 1 aliphatic heterocycles. The minimum absolute atomic E-state index is 0.143. The molecule has 2 aromatic rings. The number of benzene rings is 1. The van der Waals surface area contributed by atoms with Gasteiger partial charge in [0.25, 0.3) is 0 Å². The van der Waals surface area contributed by atoms with Crippen molar-refractivity contribution in [3.63, 3.8) is 0 Å². The highest BCUT2D eigenvalue weighted by atomic mass is 16.5. The Morgan fingerprint density at radius 1 is 1.25 bits per heavy atom. The van der Waals surface area contributed by atoms with Gasteiger partial charge in [0.1, 0.15) is 6.10 Å². The third-order valence-electron chi connectivity index (χ3n) is 3.96. The van der Waals surface area contributed by atoms with E-state index in [4.69, 9.17) is 9.72 Å². The van der Waals surface area contributed by atoms with Crippen molar-refractivity contribution in [3.05, 3.63) is 42.1 Å². The fourth-order valence-electron chi connectivity index (χ4n) is 2.87. The summed E-state index contributed by atoms with van der Waals surface area (Å²) in [5.74, 6) is 0.537. The van der Waals surface area contributed by atoms with Crippen LogP contribution in [-0.4, -0.2) is 24.7 Å². The number of aromatic nitrogens is 1. The third kappa shape index (κ3) is 2.84. The van der Waals surface area contributed by atoms with Gasteiger partial charge in [0.15, 0.2) is 0 Å². The molecule has 2 unspecified atom stereocenters. The van der Waals surface area contributed by atoms with E-state index >= 15 is 0 Å². The highest BCUT2D eigenvalue weighted by Gasteiger charge is 2.30. The van der Waals surface area contributed by atoms with Crippen molar-refractivity contribution in [1.82, 2.24) is 10.3 Å². The molecule has 1 fully saturated rings. The first kappa shape index (κ1) is 13.5. The molecule has 0 saturated carbocycles. The molecule has 20 heavy (non-hydrogen) atoms. The Hall–Kier alpha value is -1.45. The Morgan fingerprint density at radius 2 is 2.15 bits per heavy atom. The first-order valence-electron chi connectivity index (χ1n) is 7.56. The quantitative estimate of drug-likeness (QED) is 0.846. The average Bonchev–Trinajstić information content (AvgIpc) is 2.95. The van der Waals surface area contributed by atoms with Gasteiger partial charge in [0.2, 0.25) is 0 Å². The minimum Gasteiger partial charge on any atom is -0.372 e. The standard InChI is InChI=1S/C17H22N2O/c1-2-10-18-12-14-9-11-20-17(14)16-8-7-13-5-3-4-6-15(13)19-16/h3-8,14,17-18H,2,9-12H2,1H3. The van der Waals surface area contributed by atoms with Gasteiger partial charge >= 0.3 is 0 Å². The second-order valence-corrected chi connectivity index (χ2v) is 5.47. The van der Waals surface area contributed by atoms with Gasteiger partial charge in [-0.3, -0.25) is 4.98 Å². The van der Waals surface area contributed by atoms with Crippen LogP contribution in [0.5, 0.6) is 0 Å². The molecular weight excluding hydrogens is 248 g/mol. The zero-order valence-corrected chi connectivity index (χ0v) is 12.0. The van der Waals surface area contributed by atoms with Crippen molar-refractivity contribution >= 4 is 10.9 Å². The second kappa shape index (κ2) is 6.33. The molecule has 3 nitrogen and oxygen atoms in total. The van der Waals surface area contributed by atoms with Crippen molar-refractivity contribution in [2.45, 2.75) is 25.9 Å². The summed E-state index contributed by atoms with van der Waals surface area (Å²) in [4.78, 5) is 4.78. The number of nitrogens with zero attached hydrogens (tertiary/aromatic N) is 1. The fourth-order valence-corrected chi connectivity index (χ4v) is 2.87. The van der Waals surface area contributed by atoms with Crippen molar-refractivity contribution in [3.8, 4) is 0 Å². The molecule has 1 aromatic heterocycles. The number of nitrogens with one attached hydrogen (secondary N) is 1. The smallest absolute Gasteiger partial charge is 0.104 e. The number of hydrogen-bond donors (Lipinski definition) is 1. The summed E-state index contributed by atoms with van der Waals surface area (Å²) in [5.41, 5.74) is 2.13. The zero-order chi connectivity index (χ0) is 13.8. The molecule has 0 aliphatic carbocycles. The SMILES string of the molecule is CCCNCC1CCOC1c1ccc2ccccc2n1. The second-order valence-electron chi connectivity index (χ2n) is 5.47. The van der Waals surface area contributed by atoms with E-state index in [1.54, 1.807) is 0 Å². The van der Waals surface area contributed by atoms with Crippen LogP contribution in [0.2, 0.25) is 0 Å². The predicted molar refractivity (Wildman–Crippen MR) is 81.7 cm³/mol. The maximum absolute atomic E-state index is 5.93. The molecule has 3 rings (SSSR count). The summed E-state index contributed by atoms with van der Waals surface area (Å²) in [6.45, 7) is 5.14. The van der Waals surface area contributed by atoms with Crippen molar-refractivity contribution in [2.75, 3.05) is 19.7 Å². The Labute approximate surface area is 120 Å². The first-order valence-corrected chi connectivity index (χ1v) is 7.56. The molecular formula is C17H22N2O. The van der Waals surface area contributed by atoms with E-state index in [1.165, 1.54) is 11.8 Å². The van der Waals surface area contributed by atoms with Crippen molar-refractivity contribution in [2.24, 2.45) is 5.92 Å². The van der Waals surface area contributed by atoms with E-state index in [0.29, 0.717) is 5.92 Å². The van der Waals surface area contributed by atoms with E-state index in [1.807, 2.05) is 12.1 Å². The Bertz CT molecular complexity index is 570. The number of para-hydroxylation sites is 1. The average molecular weight is 270 g/mol. The lowest BCUT2D eigenvalue weighted by atomic mass is 9.98. The molecule has 0 amide bonds. The summed E-state index contributed by atoms with van der Waals surface area (Å²) >= 11 is 0. The Kier molecular flexibility index (Phi) is 4.28. The summed E-state index contributed by atoms with van der Waals surface area (Å²) in [5, 5.41) is 4.70. The van der Waals surface area contributed by atoms with Crippen molar-refractivity contribution in [1.29, 1.82) is 0 Å². The van der Waals surface area contributed by atoms with Gasteiger partial charge in [-0.15, -0.1) is 0 Å². The Balaban J connectivity index is 1.78. The Morgan fingerprint density at radius 3 is 3.05 bits per heavy atom. The van der Waals surface area contributed by atoms with E-state index in [2.05, 4.69) is 36.5 Å². The number of pyridine rings is 1. The van der Waals surface area contributed by atoms with Gasteiger partial charge in [-0.1, -0.05) is 31.2 Å². The summed E-state index contributed by atoms with van der Waals surface area (Å²) < 4.78 is 5.93. The minimum atomic E-state index is 0.143. The lowest BCUT2D eigenvalue weighted by molar-refractivity contribution is 0.0874. The summed E-state index contributed by atoms with van der Waals surface area (Å²) in [6.07, 6.45) is 2.44. The van der Waals surface area contributed by atoms with Crippen LogP contribution >= 0.6 is 0 Å². The van der Waals surface area contributed by atoms with Gasteiger partial charge in [-0.25, -0.2) is 0 Å². The van der Waals surface area contributed by atoms with E-state index in [-0.39, 0.29) is 6.10 Å². The lowest BCUT2D eigenvalue weighted by Crippen LogP contribution is -2.25. The van der Waals surface area contributed by atoms with Gasteiger partial charge in [0, 0.05) is 24.5 Å². The van der Waals surface area contributed by atoms with E-state index < -0.39 is 0 Å². The topological polar surface area (TPSA) is 34.1 Å². The molecule has 1 aliphatic rings. The lowest BCUT2D eigenvalue weighted by Gasteiger charge is -2.18. The van der Waals surface area contributed by atoms with Crippen LogP contribution in [0.4, 0.5) is 0 Å². The zero-order valence-electron chi connectivity index (χ0n) is 12.0. The summed E-state index contributed by atoms with van der Waals surface area (Å²) in [7, 11) is 0. The maximum atomic E-state index is 5.93. The molecule has 1 saturated heterocycles. The van der Waals surface area contributed by atoms with Crippen LogP contribution in [0.1, 0.15) is 31.6 Å². The maximum Gasteiger partial charge on any atom is 0.104 e. The number of hydrogen-bond acceptors (Lipinski definition) is 3. The van der Waals surface area contributed by atoms with Crippen molar-refractivity contribution < 1.29 is 4.74 Å². The third-order valence-corrected chi connectivity index (χ3v) is 3.96. The fraction of sp³-hybridized carbons (Fsp3) is 0.471. The van der Waals surface area contributed by atoms with Crippen LogP contribution in [-0.2, 0) is 4.74 Å². The molecule has 3 heteroatoms. The highest BCUT2D eigenvalue weighted by Crippen LogP contribution is 2.33. The molecule has 0 radical (unpaired) electrons. The van der Waals surface area contributed by atoms with Crippen LogP contribution in [0.3, 0.4) is 0 Å². The van der Waals surface area contributed by atoms with Crippen LogP contribution in [0, 0.1) is 5.92 Å². The summed E-state index contributed by atoms with van der Waals surface area (Å²) in [6, 6.07) is 12.5. The molecule has 106 valence electrons.